The zero-order chi connectivity index (χ0) is 15.6. The van der Waals surface area contributed by atoms with Gasteiger partial charge in [-0.2, -0.15) is 0 Å². The van der Waals surface area contributed by atoms with Gasteiger partial charge in [-0.3, -0.25) is 0 Å². The van der Waals surface area contributed by atoms with Crippen molar-refractivity contribution in [2.45, 2.75) is 53.5 Å². The van der Waals surface area contributed by atoms with Crippen LogP contribution in [0.5, 0.6) is 0 Å². The van der Waals surface area contributed by atoms with Crippen molar-refractivity contribution in [3.8, 4) is 11.3 Å². The number of nitrogens with zero attached hydrogens (tertiary/aromatic N) is 2. The molecular formula is C18H27N3. The SMILES string of the molecule is CCc1nc(-c2ccc(CC(C)C)cc2)c(N)n1C(C)C. The molecule has 1 aromatic heterocycles. The van der Waals surface area contributed by atoms with Crippen LogP contribution >= 0.6 is 0 Å². The molecule has 0 aliphatic heterocycles. The normalized spacial score (nSPS) is 11.6. The van der Waals surface area contributed by atoms with E-state index in [-0.39, 0.29) is 0 Å². The average molecular weight is 285 g/mol. The van der Waals surface area contributed by atoms with Crippen LogP contribution in [0.3, 0.4) is 0 Å². The Morgan fingerprint density at radius 1 is 1.10 bits per heavy atom. The van der Waals surface area contributed by atoms with Gasteiger partial charge in [-0.15, -0.1) is 0 Å². The molecule has 3 nitrogen and oxygen atoms in total. The van der Waals surface area contributed by atoms with E-state index >= 15 is 0 Å². The van der Waals surface area contributed by atoms with Gasteiger partial charge in [0.1, 0.15) is 17.3 Å². The molecule has 0 unspecified atom stereocenters. The molecule has 0 radical (unpaired) electrons. The van der Waals surface area contributed by atoms with Crippen molar-refractivity contribution in [1.29, 1.82) is 0 Å². The Bertz CT molecular complexity index is 592. The Hall–Kier alpha value is -1.77. The topological polar surface area (TPSA) is 43.8 Å². The van der Waals surface area contributed by atoms with E-state index in [1.807, 2.05) is 0 Å². The number of rotatable bonds is 5. The number of benzene rings is 1. The second-order valence-electron chi connectivity index (χ2n) is 6.37. The largest absolute Gasteiger partial charge is 0.383 e. The van der Waals surface area contributed by atoms with Gasteiger partial charge in [0, 0.05) is 18.0 Å². The molecule has 0 spiro atoms. The van der Waals surface area contributed by atoms with Crippen LogP contribution in [0.15, 0.2) is 24.3 Å². The maximum Gasteiger partial charge on any atom is 0.131 e. The zero-order valence-corrected chi connectivity index (χ0v) is 13.9. The summed E-state index contributed by atoms with van der Waals surface area (Å²) < 4.78 is 2.14. The van der Waals surface area contributed by atoms with Crippen molar-refractivity contribution in [2.75, 3.05) is 5.73 Å². The van der Waals surface area contributed by atoms with Gasteiger partial charge in [0.15, 0.2) is 0 Å². The van der Waals surface area contributed by atoms with Crippen LogP contribution in [0.4, 0.5) is 5.82 Å². The van der Waals surface area contributed by atoms with Gasteiger partial charge in [-0.25, -0.2) is 4.98 Å². The summed E-state index contributed by atoms with van der Waals surface area (Å²) in [7, 11) is 0. The maximum atomic E-state index is 6.33. The van der Waals surface area contributed by atoms with Gasteiger partial charge in [0.25, 0.3) is 0 Å². The van der Waals surface area contributed by atoms with Gasteiger partial charge in [0.05, 0.1) is 0 Å². The molecule has 3 heteroatoms. The zero-order valence-electron chi connectivity index (χ0n) is 13.9. The lowest BCUT2D eigenvalue weighted by molar-refractivity contribution is 0.579. The Morgan fingerprint density at radius 2 is 1.71 bits per heavy atom. The van der Waals surface area contributed by atoms with Crippen LogP contribution < -0.4 is 5.73 Å². The van der Waals surface area contributed by atoms with Gasteiger partial charge < -0.3 is 10.3 Å². The molecule has 0 saturated carbocycles. The number of hydrogen-bond donors (Lipinski definition) is 1. The highest BCUT2D eigenvalue weighted by atomic mass is 15.2. The maximum absolute atomic E-state index is 6.33. The first kappa shape index (κ1) is 15.6. The fraction of sp³-hybridized carbons (Fsp3) is 0.500. The molecule has 0 aliphatic carbocycles. The number of hydrogen-bond acceptors (Lipinski definition) is 2. The first-order valence-corrected chi connectivity index (χ1v) is 7.89. The molecule has 0 aliphatic rings. The number of anilines is 1. The molecule has 0 amide bonds. The van der Waals surface area contributed by atoms with Crippen molar-refractivity contribution in [3.63, 3.8) is 0 Å². The number of imidazole rings is 1. The van der Waals surface area contributed by atoms with Crippen LogP contribution in [-0.2, 0) is 12.8 Å². The second-order valence-corrected chi connectivity index (χ2v) is 6.37. The quantitative estimate of drug-likeness (QED) is 0.880. The summed E-state index contributed by atoms with van der Waals surface area (Å²) in [5.74, 6) is 2.51. The van der Waals surface area contributed by atoms with Crippen LogP contribution in [0.25, 0.3) is 11.3 Å². The van der Waals surface area contributed by atoms with Crippen LogP contribution in [0, 0.1) is 5.92 Å². The predicted octanol–water partition coefficient (Wildman–Crippen LogP) is 4.47. The van der Waals surface area contributed by atoms with E-state index in [2.05, 4.69) is 63.5 Å². The lowest BCUT2D eigenvalue weighted by atomic mass is 10.0. The first-order chi connectivity index (χ1) is 9.93. The molecule has 0 bridgehead atoms. The third kappa shape index (κ3) is 3.29. The van der Waals surface area contributed by atoms with E-state index in [1.54, 1.807) is 0 Å². The van der Waals surface area contributed by atoms with Crippen LogP contribution in [0.1, 0.15) is 52.0 Å². The predicted molar refractivity (Wildman–Crippen MR) is 90.4 cm³/mol. The van der Waals surface area contributed by atoms with Gasteiger partial charge in [-0.1, -0.05) is 45.0 Å². The van der Waals surface area contributed by atoms with E-state index in [0.717, 1.165) is 35.7 Å². The molecule has 0 atom stereocenters. The monoisotopic (exact) mass is 285 g/mol. The van der Waals surface area contributed by atoms with E-state index < -0.39 is 0 Å². The molecule has 0 fully saturated rings. The summed E-state index contributed by atoms with van der Waals surface area (Å²) in [5.41, 5.74) is 9.72. The molecule has 114 valence electrons. The minimum atomic E-state index is 0.335. The highest BCUT2D eigenvalue weighted by Gasteiger charge is 2.16. The first-order valence-electron chi connectivity index (χ1n) is 7.89. The van der Waals surface area contributed by atoms with Crippen molar-refractivity contribution in [3.05, 3.63) is 35.7 Å². The Kier molecular flexibility index (Phi) is 4.71. The average Bonchev–Trinajstić information content (AvgIpc) is 2.76. The Morgan fingerprint density at radius 3 is 2.14 bits per heavy atom. The van der Waals surface area contributed by atoms with Crippen molar-refractivity contribution >= 4 is 5.82 Å². The minimum Gasteiger partial charge on any atom is -0.383 e. The summed E-state index contributed by atoms with van der Waals surface area (Å²) in [6.07, 6.45) is 2.00. The van der Waals surface area contributed by atoms with Crippen LogP contribution in [-0.4, -0.2) is 9.55 Å². The molecular weight excluding hydrogens is 258 g/mol. The highest BCUT2D eigenvalue weighted by Crippen LogP contribution is 2.29. The van der Waals surface area contributed by atoms with E-state index in [4.69, 9.17) is 10.7 Å². The van der Waals surface area contributed by atoms with Gasteiger partial charge in [0.2, 0.25) is 0 Å². The fourth-order valence-electron chi connectivity index (χ4n) is 2.80. The van der Waals surface area contributed by atoms with E-state index in [0.29, 0.717) is 12.0 Å². The molecule has 1 aromatic carbocycles. The standard InChI is InChI=1S/C18H27N3/c1-6-16-20-17(18(19)21(16)13(4)5)15-9-7-14(8-10-15)11-12(2)3/h7-10,12-13H,6,11,19H2,1-5H3. The Balaban J connectivity index is 2.38. The molecule has 21 heavy (non-hydrogen) atoms. The molecule has 2 aromatic rings. The molecule has 0 saturated heterocycles. The minimum absolute atomic E-state index is 0.335. The molecule has 1 heterocycles. The Labute approximate surface area is 128 Å². The summed E-state index contributed by atoms with van der Waals surface area (Å²) in [4.78, 5) is 4.75. The number of aromatic nitrogens is 2. The van der Waals surface area contributed by atoms with Crippen molar-refractivity contribution in [1.82, 2.24) is 9.55 Å². The van der Waals surface area contributed by atoms with Crippen molar-refractivity contribution < 1.29 is 0 Å². The number of aryl methyl sites for hydroxylation is 1. The summed E-state index contributed by atoms with van der Waals surface area (Å²) in [6, 6.07) is 8.99. The highest BCUT2D eigenvalue weighted by molar-refractivity contribution is 5.71. The number of nitrogens with two attached hydrogens (primary N) is 1. The van der Waals surface area contributed by atoms with Crippen molar-refractivity contribution in [2.24, 2.45) is 5.92 Å². The van der Waals surface area contributed by atoms with Gasteiger partial charge >= 0.3 is 0 Å². The third-order valence-corrected chi connectivity index (χ3v) is 3.73. The number of nitrogen functional groups attached to an aromatic ring is 1. The third-order valence-electron chi connectivity index (χ3n) is 3.73. The summed E-state index contributed by atoms with van der Waals surface area (Å²) in [6.45, 7) is 10.9. The summed E-state index contributed by atoms with van der Waals surface area (Å²) in [5, 5.41) is 0. The smallest absolute Gasteiger partial charge is 0.131 e. The van der Waals surface area contributed by atoms with Gasteiger partial charge in [-0.05, 0) is 31.7 Å². The second kappa shape index (κ2) is 6.33. The molecule has 2 rings (SSSR count). The fourth-order valence-corrected chi connectivity index (χ4v) is 2.80. The summed E-state index contributed by atoms with van der Waals surface area (Å²) >= 11 is 0. The lowest BCUT2D eigenvalue weighted by Gasteiger charge is -2.12. The molecule has 2 N–H and O–H groups in total. The van der Waals surface area contributed by atoms with E-state index in [1.165, 1.54) is 5.56 Å². The van der Waals surface area contributed by atoms with Crippen LogP contribution in [0.2, 0.25) is 0 Å². The van der Waals surface area contributed by atoms with E-state index in [9.17, 15) is 0 Å². The lowest BCUT2D eigenvalue weighted by Crippen LogP contribution is -2.08.